The van der Waals surface area contributed by atoms with Crippen molar-refractivity contribution in [2.24, 2.45) is 0 Å². The van der Waals surface area contributed by atoms with Crippen molar-refractivity contribution < 1.29 is 28.9 Å². The molecule has 9 heteroatoms. The molecule has 3 aromatic carbocycles. The van der Waals surface area contributed by atoms with E-state index in [0.717, 1.165) is 35.3 Å². The van der Waals surface area contributed by atoms with E-state index in [2.05, 4.69) is 6.92 Å². The number of anilines is 1. The van der Waals surface area contributed by atoms with E-state index in [9.17, 15) is 14.7 Å². The fraction of sp³-hybridized carbons (Fsp3) is 0.324. The zero-order chi connectivity index (χ0) is 30.1. The van der Waals surface area contributed by atoms with Crippen LogP contribution in [0.15, 0.2) is 66.2 Å². The van der Waals surface area contributed by atoms with E-state index < -0.39 is 17.7 Å². The minimum absolute atomic E-state index is 0.0165. The molecular weight excluding hydrogens is 564 g/mol. The summed E-state index contributed by atoms with van der Waals surface area (Å²) in [7, 11) is 0. The van der Waals surface area contributed by atoms with E-state index in [-0.39, 0.29) is 17.4 Å². The molecule has 1 saturated heterocycles. The quantitative estimate of drug-likeness (QED) is 0.0891. The van der Waals surface area contributed by atoms with E-state index in [4.69, 9.17) is 19.2 Å². The number of aliphatic hydroxyl groups excluding tert-OH is 1. The lowest BCUT2D eigenvalue weighted by Crippen LogP contribution is -2.29. The molecule has 1 amide bonds. The predicted molar refractivity (Wildman–Crippen MR) is 167 cm³/mol. The van der Waals surface area contributed by atoms with Gasteiger partial charge in [0.2, 0.25) is 0 Å². The van der Waals surface area contributed by atoms with Gasteiger partial charge in [0.1, 0.15) is 29.1 Å². The summed E-state index contributed by atoms with van der Waals surface area (Å²) in [6.07, 6.45) is 3.89. The summed E-state index contributed by atoms with van der Waals surface area (Å²) in [4.78, 5) is 33.5. The second kappa shape index (κ2) is 12.1. The summed E-state index contributed by atoms with van der Waals surface area (Å²) in [5.41, 5.74) is 2.77. The van der Waals surface area contributed by atoms with Crippen LogP contribution in [0.2, 0.25) is 0 Å². The Morgan fingerprint density at radius 1 is 1.02 bits per heavy atom. The maximum Gasteiger partial charge on any atom is 0.301 e. The second-order valence-corrected chi connectivity index (χ2v) is 11.8. The Bertz CT molecular complexity index is 1710. The zero-order valence-corrected chi connectivity index (χ0v) is 25.3. The first kappa shape index (κ1) is 28.7. The fourth-order valence-corrected chi connectivity index (χ4v) is 6.63. The molecule has 2 aliphatic heterocycles. The Kier molecular flexibility index (Phi) is 8.08. The number of ketones is 1. The molecule has 3 heterocycles. The van der Waals surface area contributed by atoms with Gasteiger partial charge in [0.15, 0.2) is 5.13 Å². The fourth-order valence-electron chi connectivity index (χ4n) is 5.61. The van der Waals surface area contributed by atoms with E-state index >= 15 is 0 Å². The number of Topliss-reactive ketones (excluding diaryl/α,β-unsaturated/α-hetero) is 1. The van der Waals surface area contributed by atoms with E-state index in [0.29, 0.717) is 52.9 Å². The van der Waals surface area contributed by atoms with E-state index in [1.165, 1.54) is 16.2 Å². The van der Waals surface area contributed by atoms with Gasteiger partial charge in [-0.3, -0.25) is 14.5 Å². The normalized spacial score (nSPS) is 19.1. The lowest BCUT2D eigenvalue weighted by atomic mass is 9.94. The summed E-state index contributed by atoms with van der Waals surface area (Å²) in [6.45, 7) is 7.18. The van der Waals surface area contributed by atoms with Crippen molar-refractivity contribution in [3.8, 4) is 17.2 Å². The number of aromatic nitrogens is 1. The standard InChI is InChI=1S/C34H34N2O6S/c1-4-6-7-16-41-24-11-8-21(9-12-24)30-29(31(37)22-10-15-27-23(18-22)17-20(3)42-27)32(38)33(39)36(30)34-35-26-14-13-25(40-5-2)19-28(26)43-34/h8-15,18-20,30,37H,4-7,16-17H2,1-3H3/t20-,30-/m1/s1. The number of thiazole rings is 1. The Balaban J connectivity index is 1.43. The number of aliphatic hydroxyl groups is 1. The van der Waals surface area contributed by atoms with Crippen LogP contribution in [0.4, 0.5) is 5.13 Å². The number of benzene rings is 3. The molecule has 0 bridgehead atoms. The molecule has 0 spiro atoms. The predicted octanol–water partition coefficient (Wildman–Crippen LogP) is 7.21. The summed E-state index contributed by atoms with van der Waals surface area (Å²) in [5, 5.41) is 12.0. The number of hydrogen-bond acceptors (Lipinski definition) is 8. The van der Waals surface area contributed by atoms with Crippen LogP contribution in [0.1, 0.15) is 62.8 Å². The van der Waals surface area contributed by atoms with Crippen LogP contribution < -0.4 is 19.1 Å². The topological polar surface area (TPSA) is 98.2 Å². The van der Waals surface area contributed by atoms with Crippen molar-refractivity contribution in [2.75, 3.05) is 18.1 Å². The van der Waals surface area contributed by atoms with Gasteiger partial charge in [0.05, 0.1) is 35.0 Å². The first-order valence-electron chi connectivity index (χ1n) is 14.7. The monoisotopic (exact) mass is 598 g/mol. The number of ether oxygens (including phenoxy) is 3. The Hall–Kier alpha value is -4.37. The minimum Gasteiger partial charge on any atom is -0.507 e. The summed E-state index contributed by atoms with van der Waals surface area (Å²) in [5.74, 6) is 0.431. The zero-order valence-electron chi connectivity index (χ0n) is 24.5. The van der Waals surface area contributed by atoms with Gasteiger partial charge in [-0.1, -0.05) is 43.2 Å². The van der Waals surface area contributed by atoms with Crippen molar-refractivity contribution in [2.45, 2.75) is 58.6 Å². The third kappa shape index (κ3) is 5.57. The summed E-state index contributed by atoms with van der Waals surface area (Å²) >= 11 is 1.30. The third-order valence-electron chi connectivity index (χ3n) is 7.69. The van der Waals surface area contributed by atoms with Crippen LogP contribution in [-0.4, -0.2) is 41.1 Å². The molecule has 0 saturated carbocycles. The van der Waals surface area contributed by atoms with Crippen molar-refractivity contribution in [1.29, 1.82) is 0 Å². The number of amides is 1. The molecule has 1 aromatic heterocycles. The average Bonchev–Trinajstić information content (AvgIpc) is 3.67. The first-order valence-corrected chi connectivity index (χ1v) is 15.6. The number of nitrogens with zero attached hydrogens (tertiary/aromatic N) is 2. The van der Waals surface area contributed by atoms with Crippen molar-refractivity contribution in [3.05, 3.63) is 82.9 Å². The molecule has 4 aromatic rings. The molecule has 222 valence electrons. The van der Waals surface area contributed by atoms with E-state index in [1.54, 1.807) is 12.1 Å². The van der Waals surface area contributed by atoms with Crippen LogP contribution in [0, 0.1) is 0 Å². The first-order chi connectivity index (χ1) is 20.9. The van der Waals surface area contributed by atoms with Crippen LogP contribution in [0.3, 0.4) is 0 Å². The van der Waals surface area contributed by atoms with Gasteiger partial charge in [-0.15, -0.1) is 0 Å². The van der Waals surface area contributed by atoms with Crippen LogP contribution in [-0.2, 0) is 16.0 Å². The highest BCUT2D eigenvalue weighted by molar-refractivity contribution is 7.22. The third-order valence-corrected chi connectivity index (χ3v) is 8.71. The maximum atomic E-state index is 13.7. The van der Waals surface area contributed by atoms with Gasteiger partial charge in [0.25, 0.3) is 5.78 Å². The van der Waals surface area contributed by atoms with Crippen molar-refractivity contribution >= 4 is 44.1 Å². The number of rotatable bonds is 10. The maximum absolute atomic E-state index is 13.7. The van der Waals surface area contributed by atoms with E-state index in [1.807, 2.05) is 62.4 Å². The average molecular weight is 599 g/mol. The highest BCUT2D eigenvalue weighted by atomic mass is 32.1. The molecule has 43 heavy (non-hydrogen) atoms. The molecule has 2 aliphatic rings. The number of carbonyl (C=O) groups excluding carboxylic acids is 2. The van der Waals surface area contributed by atoms with Crippen LogP contribution >= 0.6 is 11.3 Å². The van der Waals surface area contributed by atoms with Gasteiger partial charge in [0, 0.05) is 12.0 Å². The lowest BCUT2D eigenvalue weighted by Gasteiger charge is -2.23. The summed E-state index contributed by atoms with van der Waals surface area (Å²) in [6, 6.07) is 17.4. The van der Waals surface area contributed by atoms with Crippen molar-refractivity contribution in [1.82, 2.24) is 4.98 Å². The largest absolute Gasteiger partial charge is 0.507 e. The summed E-state index contributed by atoms with van der Waals surface area (Å²) < 4.78 is 18.2. The van der Waals surface area contributed by atoms with Crippen LogP contribution in [0.25, 0.3) is 16.0 Å². The minimum atomic E-state index is -0.885. The molecule has 0 unspecified atom stereocenters. The molecule has 6 rings (SSSR count). The highest BCUT2D eigenvalue weighted by Crippen LogP contribution is 2.45. The molecule has 8 nitrogen and oxygen atoms in total. The molecule has 0 radical (unpaired) electrons. The Morgan fingerprint density at radius 3 is 2.58 bits per heavy atom. The van der Waals surface area contributed by atoms with Gasteiger partial charge >= 0.3 is 5.91 Å². The Labute approximate surface area is 254 Å². The van der Waals surface area contributed by atoms with Crippen molar-refractivity contribution in [3.63, 3.8) is 0 Å². The molecule has 1 fully saturated rings. The molecular formula is C34H34N2O6S. The second-order valence-electron chi connectivity index (χ2n) is 10.8. The number of carbonyl (C=O) groups is 2. The van der Waals surface area contributed by atoms with Gasteiger partial charge < -0.3 is 19.3 Å². The lowest BCUT2D eigenvalue weighted by molar-refractivity contribution is -0.132. The Morgan fingerprint density at radius 2 is 1.81 bits per heavy atom. The van der Waals surface area contributed by atoms with Gasteiger partial charge in [-0.2, -0.15) is 0 Å². The van der Waals surface area contributed by atoms with Gasteiger partial charge in [-0.05, 0) is 79.9 Å². The SMILES string of the molecule is CCCCCOc1ccc([C@@H]2C(=C(O)c3ccc4c(c3)C[C@@H](C)O4)C(=O)C(=O)N2c2nc3ccc(OCC)cc3s2)cc1. The molecule has 0 aliphatic carbocycles. The highest BCUT2D eigenvalue weighted by Gasteiger charge is 2.48. The van der Waals surface area contributed by atoms with Crippen LogP contribution in [0.5, 0.6) is 17.2 Å². The molecule has 2 atom stereocenters. The molecule has 1 N–H and O–H groups in total. The van der Waals surface area contributed by atoms with Gasteiger partial charge in [-0.25, -0.2) is 4.98 Å². The number of fused-ring (bicyclic) bond motifs is 2. The number of unbranched alkanes of at least 4 members (excludes halogenated alkanes) is 2. The smallest absolute Gasteiger partial charge is 0.301 e. The number of hydrogen-bond donors (Lipinski definition) is 1.